The van der Waals surface area contributed by atoms with E-state index in [0.29, 0.717) is 22.4 Å². The van der Waals surface area contributed by atoms with Gasteiger partial charge in [-0.15, -0.1) is 0 Å². The van der Waals surface area contributed by atoms with Gasteiger partial charge in [0, 0.05) is 23.4 Å². The van der Waals surface area contributed by atoms with Crippen molar-refractivity contribution in [3.63, 3.8) is 0 Å². The van der Waals surface area contributed by atoms with Crippen molar-refractivity contribution in [3.8, 4) is 11.3 Å². The van der Waals surface area contributed by atoms with Crippen molar-refractivity contribution in [2.75, 3.05) is 18.2 Å². The van der Waals surface area contributed by atoms with E-state index in [1.165, 1.54) is 5.56 Å². The van der Waals surface area contributed by atoms with E-state index in [-0.39, 0.29) is 12.5 Å². The average molecular weight is 540 g/mol. The Labute approximate surface area is 220 Å². The largest absolute Gasteiger partial charge is 0.324 e. The van der Waals surface area contributed by atoms with Crippen LogP contribution in [-0.4, -0.2) is 31.2 Å². The van der Waals surface area contributed by atoms with Crippen LogP contribution >= 0.6 is 23.2 Å². The number of rotatable bonds is 7. The maximum atomic E-state index is 11.2. The first-order chi connectivity index (χ1) is 17.3. The van der Waals surface area contributed by atoms with Gasteiger partial charge < -0.3 is 5.32 Å². The molecule has 1 unspecified atom stereocenters. The number of halogens is 2. The molecule has 1 heterocycles. The number of nitrogens with one attached hydrogen (secondary N) is 1. The number of nitrogens with zero attached hydrogens (tertiary/aromatic N) is 2. The third-order valence-corrected chi connectivity index (χ3v) is 7.43. The van der Waals surface area contributed by atoms with Gasteiger partial charge in [-0.1, -0.05) is 65.7 Å². The molecule has 0 radical (unpaired) electrons. The molecule has 1 aliphatic carbocycles. The monoisotopic (exact) mass is 539 g/mol. The molecule has 0 spiro atoms. The lowest BCUT2D eigenvalue weighted by Gasteiger charge is -2.27. The lowest BCUT2D eigenvalue weighted by Crippen LogP contribution is -2.15. The van der Waals surface area contributed by atoms with Gasteiger partial charge in [-0.05, 0) is 59.4 Å². The molecule has 0 bridgehead atoms. The summed E-state index contributed by atoms with van der Waals surface area (Å²) in [6, 6.07) is 21.7. The van der Waals surface area contributed by atoms with Crippen LogP contribution in [0.2, 0.25) is 10.0 Å². The normalized spacial score (nSPS) is 14.7. The Morgan fingerprint density at radius 1 is 1.03 bits per heavy atom. The van der Waals surface area contributed by atoms with Crippen molar-refractivity contribution in [1.82, 2.24) is 9.97 Å². The van der Waals surface area contributed by atoms with E-state index in [1.807, 2.05) is 60.8 Å². The van der Waals surface area contributed by atoms with Crippen LogP contribution in [0, 0.1) is 0 Å². The predicted octanol–water partition coefficient (Wildman–Crippen LogP) is 6.40. The maximum Gasteiger partial charge on any atom is 0.264 e. The Morgan fingerprint density at radius 3 is 2.67 bits per heavy atom. The Hall–Kier alpha value is -2.97. The van der Waals surface area contributed by atoms with E-state index in [1.54, 1.807) is 0 Å². The number of aromatic nitrogens is 2. The summed E-state index contributed by atoms with van der Waals surface area (Å²) in [5, 5.41) is 4.35. The average Bonchev–Trinajstić information content (AvgIpc) is 2.85. The first-order valence-electron chi connectivity index (χ1n) is 11.4. The van der Waals surface area contributed by atoms with E-state index in [2.05, 4.69) is 22.4 Å². The highest BCUT2D eigenvalue weighted by Crippen LogP contribution is 2.43. The summed E-state index contributed by atoms with van der Waals surface area (Å²) < 4.78 is 27.3. The highest BCUT2D eigenvalue weighted by Gasteiger charge is 2.27. The van der Waals surface area contributed by atoms with Gasteiger partial charge in [-0.2, -0.15) is 8.42 Å². The van der Waals surface area contributed by atoms with Crippen molar-refractivity contribution in [2.24, 2.45) is 0 Å². The standard InChI is InChI=1S/C27H23Cl2N3O3S/c1-36(33,34)35-12-11-17-5-4-6-20(13-17)31-27-30-16-19-14-23(18-9-10-24(28)25(29)15-18)21-7-2-3-8-22(21)26(19)32-27/h2-10,13,15-16,23H,11-12,14H2,1H3,(H,30,31,32). The molecule has 4 aromatic rings. The van der Waals surface area contributed by atoms with Crippen LogP contribution in [0.5, 0.6) is 0 Å². The summed E-state index contributed by atoms with van der Waals surface area (Å²) >= 11 is 12.5. The fourth-order valence-electron chi connectivity index (χ4n) is 4.47. The van der Waals surface area contributed by atoms with Gasteiger partial charge in [-0.3, -0.25) is 4.18 Å². The summed E-state index contributed by atoms with van der Waals surface area (Å²) in [4.78, 5) is 9.43. The molecule has 3 aromatic carbocycles. The van der Waals surface area contributed by atoms with Gasteiger partial charge in [0.15, 0.2) is 0 Å². The van der Waals surface area contributed by atoms with Crippen molar-refractivity contribution in [1.29, 1.82) is 0 Å². The zero-order valence-electron chi connectivity index (χ0n) is 19.4. The summed E-state index contributed by atoms with van der Waals surface area (Å²) in [6.45, 7) is 0.0917. The smallest absolute Gasteiger partial charge is 0.264 e. The Balaban J connectivity index is 1.40. The third-order valence-electron chi connectivity index (χ3n) is 6.10. The molecule has 1 atom stereocenters. The number of hydrogen-bond acceptors (Lipinski definition) is 6. The molecule has 6 nitrogen and oxygen atoms in total. The topological polar surface area (TPSA) is 81.2 Å². The molecule has 1 aliphatic rings. The summed E-state index contributed by atoms with van der Waals surface area (Å²) in [5.74, 6) is 0.609. The second kappa shape index (κ2) is 10.2. The van der Waals surface area contributed by atoms with E-state index in [9.17, 15) is 8.42 Å². The van der Waals surface area contributed by atoms with Gasteiger partial charge >= 0.3 is 0 Å². The molecule has 184 valence electrons. The van der Waals surface area contributed by atoms with Gasteiger partial charge in [-0.25, -0.2) is 9.97 Å². The third kappa shape index (κ3) is 5.55. The van der Waals surface area contributed by atoms with Crippen molar-refractivity contribution in [3.05, 3.63) is 105 Å². The van der Waals surface area contributed by atoms with Crippen LogP contribution in [0.4, 0.5) is 11.6 Å². The molecule has 0 saturated carbocycles. The van der Waals surface area contributed by atoms with Crippen LogP contribution in [0.15, 0.2) is 72.9 Å². The number of benzene rings is 3. The second-order valence-electron chi connectivity index (χ2n) is 8.69. The molecule has 36 heavy (non-hydrogen) atoms. The first-order valence-corrected chi connectivity index (χ1v) is 13.9. The second-order valence-corrected chi connectivity index (χ2v) is 11.1. The predicted molar refractivity (Wildman–Crippen MR) is 144 cm³/mol. The molecule has 0 fully saturated rings. The maximum absolute atomic E-state index is 11.2. The summed E-state index contributed by atoms with van der Waals surface area (Å²) in [5.41, 5.74) is 7.05. The molecule has 0 aliphatic heterocycles. The molecule has 5 rings (SSSR count). The minimum absolute atomic E-state index is 0.0917. The van der Waals surface area contributed by atoms with Crippen LogP contribution < -0.4 is 5.32 Å². The Morgan fingerprint density at radius 2 is 1.86 bits per heavy atom. The quantitative estimate of drug-likeness (QED) is 0.273. The molecule has 1 N–H and O–H groups in total. The van der Waals surface area contributed by atoms with E-state index >= 15 is 0 Å². The highest BCUT2D eigenvalue weighted by atomic mass is 35.5. The Kier molecular flexibility index (Phi) is 6.99. The first kappa shape index (κ1) is 24.7. The minimum Gasteiger partial charge on any atom is -0.324 e. The zero-order chi connectivity index (χ0) is 25.3. The summed E-state index contributed by atoms with van der Waals surface area (Å²) in [6.07, 6.45) is 4.13. The fraction of sp³-hybridized carbons (Fsp3) is 0.185. The summed E-state index contributed by atoms with van der Waals surface area (Å²) in [7, 11) is -3.46. The van der Waals surface area contributed by atoms with Crippen LogP contribution in [0.25, 0.3) is 11.3 Å². The van der Waals surface area contributed by atoms with E-state index < -0.39 is 10.1 Å². The van der Waals surface area contributed by atoms with E-state index in [4.69, 9.17) is 32.4 Å². The van der Waals surface area contributed by atoms with Crippen molar-refractivity contribution >= 4 is 45.0 Å². The lowest BCUT2D eigenvalue weighted by atomic mass is 9.78. The molecular formula is C27H23Cl2N3O3S. The van der Waals surface area contributed by atoms with E-state index in [0.717, 1.165) is 46.3 Å². The van der Waals surface area contributed by atoms with Gasteiger partial charge in [0.05, 0.1) is 28.6 Å². The fourth-order valence-corrected chi connectivity index (χ4v) is 5.16. The number of anilines is 2. The Bertz CT molecular complexity index is 1540. The highest BCUT2D eigenvalue weighted by molar-refractivity contribution is 7.85. The van der Waals surface area contributed by atoms with Crippen LogP contribution in [0.1, 0.15) is 28.2 Å². The van der Waals surface area contributed by atoms with Crippen molar-refractivity contribution < 1.29 is 12.6 Å². The molecule has 0 amide bonds. The van der Waals surface area contributed by atoms with Gasteiger partial charge in [0.1, 0.15) is 0 Å². The zero-order valence-corrected chi connectivity index (χ0v) is 21.7. The molecule has 1 aromatic heterocycles. The number of fused-ring (bicyclic) bond motifs is 3. The lowest BCUT2D eigenvalue weighted by molar-refractivity contribution is 0.326. The van der Waals surface area contributed by atoms with Crippen molar-refractivity contribution in [2.45, 2.75) is 18.8 Å². The SMILES string of the molecule is CS(=O)(=O)OCCc1cccc(Nc2ncc3c(n2)-c2ccccc2C(c2ccc(Cl)c(Cl)c2)C3)c1. The van der Waals surface area contributed by atoms with Gasteiger partial charge in [0.25, 0.3) is 10.1 Å². The number of hydrogen-bond donors (Lipinski definition) is 1. The molecular weight excluding hydrogens is 517 g/mol. The minimum atomic E-state index is -3.46. The molecule has 0 saturated heterocycles. The molecule has 9 heteroatoms. The van der Waals surface area contributed by atoms with Crippen LogP contribution in [-0.2, 0) is 27.1 Å². The van der Waals surface area contributed by atoms with Gasteiger partial charge in [0.2, 0.25) is 5.95 Å². The van der Waals surface area contributed by atoms with Crippen LogP contribution in [0.3, 0.4) is 0 Å².